The number of nitrogens with one attached hydrogen (secondary N) is 1. The number of amides is 2. The molecular formula is C28H35N5O7. The number of hydrogen-bond acceptors (Lipinski definition) is 8. The van der Waals surface area contributed by atoms with Gasteiger partial charge in [-0.15, -0.1) is 4.99 Å². The first-order chi connectivity index (χ1) is 19.0. The molecule has 3 aromatic rings. The first-order valence-electron chi connectivity index (χ1n) is 13.3. The summed E-state index contributed by atoms with van der Waals surface area (Å²) in [5.74, 6) is 0.862. The van der Waals surface area contributed by atoms with E-state index < -0.39 is 29.9 Å². The summed E-state index contributed by atoms with van der Waals surface area (Å²) < 4.78 is 16.6. The van der Waals surface area contributed by atoms with E-state index in [4.69, 9.17) is 14.0 Å². The Labute approximate surface area is 232 Å². The van der Waals surface area contributed by atoms with Crippen LogP contribution in [-0.2, 0) is 4.74 Å². The fraction of sp³-hybridized carbons (Fsp3) is 0.464. The van der Waals surface area contributed by atoms with Crippen LogP contribution in [0.5, 0.6) is 5.75 Å². The van der Waals surface area contributed by atoms with Crippen LogP contribution in [0.25, 0.3) is 22.2 Å². The van der Waals surface area contributed by atoms with E-state index >= 15 is 0 Å². The molecule has 0 radical (unpaired) electrons. The third kappa shape index (κ3) is 7.26. The monoisotopic (exact) mass is 553 g/mol. The Kier molecular flexibility index (Phi) is 8.88. The standard InChI is InChI=1S/C28H35N5O7/c1-5-6-7-14-38-20-11-10-17-15-19(9-8-18(17)16-20)23-29-24(40-32-23)22-21(34)12-13-33(22)25(30-26(35)36)31-27(37)39-28(2,3)4/h8-11,15-16,21-22,34H,5-7,12-14H2,1-4H3,(H,35,36)(H,30,31,37)/t21-,22-/m0/s1. The molecule has 2 atom stereocenters. The second-order valence-electron chi connectivity index (χ2n) is 10.6. The van der Waals surface area contributed by atoms with Crippen molar-refractivity contribution in [1.82, 2.24) is 20.4 Å². The predicted octanol–water partition coefficient (Wildman–Crippen LogP) is 5.13. The topological polar surface area (TPSA) is 160 Å². The highest BCUT2D eigenvalue weighted by Gasteiger charge is 2.41. The van der Waals surface area contributed by atoms with Gasteiger partial charge in [0.15, 0.2) is 0 Å². The summed E-state index contributed by atoms with van der Waals surface area (Å²) in [6, 6.07) is 10.7. The molecule has 2 aromatic carbocycles. The lowest BCUT2D eigenvalue weighted by atomic mass is 10.1. The quantitative estimate of drug-likeness (QED) is 0.203. The van der Waals surface area contributed by atoms with Crippen molar-refractivity contribution in [1.29, 1.82) is 0 Å². The molecule has 0 unspecified atom stereocenters. The molecule has 12 heteroatoms. The fourth-order valence-corrected chi connectivity index (χ4v) is 4.41. The van der Waals surface area contributed by atoms with Crippen LogP contribution in [0.3, 0.4) is 0 Å². The Morgan fingerprint density at radius 1 is 1.18 bits per heavy atom. The number of aliphatic hydroxyl groups excluding tert-OH is 1. The van der Waals surface area contributed by atoms with Crippen LogP contribution in [0.15, 0.2) is 45.9 Å². The zero-order valence-electron chi connectivity index (χ0n) is 23.1. The van der Waals surface area contributed by atoms with Gasteiger partial charge in [-0.1, -0.05) is 43.1 Å². The first kappa shape index (κ1) is 28.8. The Balaban J connectivity index is 1.56. The van der Waals surface area contributed by atoms with Crippen LogP contribution in [-0.4, -0.2) is 68.3 Å². The number of carboxylic acid groups (broad SMARTS) is 1. The molecule has 1 aliphatic heterocycles. The molecule has 0 saturated carbocycles. The van der Waals surface area contributed by atoms with Crippen molar-refractivity contribution in [3.8, 4) is 17.1 Å². The summed E-state index contributed by atoms with van der Waals surface area (Å²) in [6.45, 7) is 8.02. The van der Waals surface area contributed by atoms with E-state index in [1.165, 1.54) is 4.90 Å². The van der Waals surface area contributed by atoms with Crippen LogP contribution >= 0.6 is 0 Å². The van der Waals surface area contributed by atoms with Crippen LogP contribution in [0.4, 0.5) is 9.59 Å². The number of carbonyl (C=O) groups excluding carboxylic acids is 1. The molecule has 2 amide bonds. The normalized spacial score (nSPS) is 17.7. The number of guanidine groups is 1. The Bertz CT molecular complexity index is 1380. The van der Waals surface area contributed by atoms with Gasteiger partial charge in [-0.2, -0.15) is 4.98 Å². The highest BCUT2D eigenvalue weighted by molar-refractivity contribution is 5.98. The molecule has 0 bridgehead atoms. The van der Waals surface area contributed by atoms with Crippen molar-refractivity contribution in [2.75, 3.05) is 13.2 Å². The molecule has 0 aliphatic carbocycles. The maximum Gasteiger partial charge on any atom is 0.437 e. The molecule has 1 saturated heterocycles. The van der Waals surface area contributed by atoms with E-state index in [2.05, 4.69) is 27.4 Å². The van der Waals surface area contributed by atoms with E-state index in [9.17, 15) is 19.8 Å². The third-order valence-electron chi connectivity index (χ3n) is 6.23. The molecule has 0 spiro atoms. The number of rotatable bonds is 7. The number of carbonyl (C=O) groups is 2. The summed E-state index contributed by atoms with van der Waals surface area (Å²) >= 11 is 0. The molecule has 12 nitrogen and oxygen atoms in total. The molecule has 3 N–H and O–H groups in total. The van der Waals surface area contributed by atoms with Crippen molar-refractivity contribution >= 4 is 28.9 Å². The van der Waals surface area contributed by atoms with Crippen molar-refractivity contribution in [3.63, 3.8) is 0 Å². The molecule has 4 rings (SSSR count). The second kappa shape index (κ2) is 12.3. The summed E-state index contributed by atoms with van der Waals surface area (Å²) in [5, 5.41) is 28.2. The van der Waals surface area contributed by atoms with Gasteiger partial charge in [-0.3, -0.25) is 5.32 Å². The smallest absolute Gasteiger partial charge is 0.437 e. The molecule has 40 heavy (non-hydrogen) atoms. The number of benzene rings is 2. The molecule has 2 heterocycles. The summed E-state index contributed by atoms with van der Waals surface area (Å²) in [6.07, 6.45) is 0.164. The number of hydrogen-bond donors (Lipinski definition) is 3. The molecule has 1 aromatic heterocycles. The SMILES string of the molecule is CCCCCOc1ccc2cc(-c3noc([C@@H]4[C@@H](O)CCN4C(=NC(=O)OC(C)(C)C)NC(=O)O)n3)ccc2c1. The van der Waals surface area contributed by atoms with Gasteiger partial charge in [-0.05, 0) is 62.6 Å². The van der Waals surface area contributed by atoms with Crippen LogP contribution in [0.1, 0.15) is 65.3 Å². The highest BCUT2D eigenvalue weighted by Crippen LogP contribution is 2.33. The fourth-order valence-electron chi connectivity index (χ4n) is 4.41. The maximum absolute atomic E-state index is 12.3. The highest BCUT2D eigenvalue weighted by atomic mass is 16.6. The minimum absolute atomic E-state index is 0.0556. The van der Waals surface area contributed by atoms with E-state index in [-0.39, 0.29) is 24.8 Å². The van der Waals surface area contributed by atoms with Crippen molar-refractivity contribution in [3.05, 3.63) is 42.3 Å². The summed E-state index contributed by atoms with van der Waals surface area (Å²) in [4.78, 5) is 33.5. The number of unbranched alkanes of at least 4 members (excludes halogenated alkanes) is 2. The van der Waals surface area contributed by atoms with E-state index in [1.54, 1.807) is 20.8 Å². The van der Waals surface area contributed by atoms with Gasteiger partial charge in [0.1, 0.15) is 17.4 Å². The number of ether oxygens (including phenoxy) is 2. The van der Waals surface area contributed by atoms with Crippen molar-refractivity contribution in [2.24, 2.45) is 4.99 Å². The largest absolute Gasteiger partial charge is 0.494 e. The van der Waals surface area contributed by atoms with Crippen LogP contribution in [0.2, 0.25) is 0 Å². The number of likely N-dealkylation sites (tertiary alicyclic amines) is 1. The number of aliphatic imine (C=N–C) groups is 1. The van der Waals surface area contributed by atoms with E-state index in [0.29, 0.717) is 18.0 Å². The second-order valence-corrected chi connectivity index (χ2v) is 10.6. The average Bonchev–Trinajstić information content (AvgIpc) is 3.51. The number of nitrogens with zero attached hydrogens (tertiary/aromatic N) is 4. The van der Waals surface area contributed by atoms with Crippen molar-refractivity contribution in [2.45, 2.75) is 71.1 Å². The summed E-state index contributed by atoms with van der Waals surface area (Å²) in [7, 11) is 0. The predicted molar refractivity (Wildman–Crippen MR) is 147 cm³/mol. The lowest BCUT2D eigenvalue weighted by Crippen LogP contribution is -2.45. The Hall–Kier alpha value is -4.19. The maximum atomic E-state index is 12.3. The van der Waals surface area contributed by atoms with Crippen LogP contribution in [0, 0.1) is 0 Å². The third-order valence-corrected chi connectivity index (χ3v) is 6.23. The number of fused-ring (bicyclic) bond motifs is 1. The lowest BCUT2D eigenvalue weighted by Gasteiger charge is -2.26. The summed E-state index contributed by atoms with van der Waals surface area (Å²) in [5.41, 5.74) is -0.131. The van der Waals surface area contributed by atoms with E-state index in [0.717, 1.165) is 35.8 Å². The number of aromatic nitrogens is 2. The average molecular weight is 554 g/mol. The van der Waals surface area contributed by atoms with Gasteiger partial charge < -0.3 is 29.1 Å². The van der Waals surface area contributed by atoms with Crippen LogP contribution < -0.4 is 10.1 Å². The minimum Gasteiger partial charge on any atom is -0.494 e. The molecule has 214 valence electrons. The zero-order chi connectivity index (χ0) is 28.9. The van der Waals surface area contributed by atoms with Gasteiger partial charge in [0, 0.05) is 12.1 Å². The molecular weight excluding hydrogens is 518 g/mol. The first-order valence-corrected chi connectivity index (χ1v) is 13.3. The molecule has 1 fully saturated rings. The Morgan fingerprint density at radius 3 is 2.65 bits per heavy atom. The lowest BCUT2D eigenvalue weighted by molar-refractivity contribution is 0.0598. The van der Waals surface area contributed by atoms with Gasteiger partial charge in [0.25, 0.3) is 5.89 Å². The molecule has 1 aliphatic rings. The van der Waals surface area contributed by atoms with Gasteiger partial charge in [0.2, 0.25) is 11.8 Å². The zero-order valence-corrected chi connectivity index (χ0v) is 23.1. The van der Waals surface area contributed by atoms with Gasteiger partial charge in [0.05, 0.1) is 12.7 Å². The van der Waals surface area contributed by atoms with Gasteiger partial charge >= 0.3 is 12.2 Å². The number of aliphatic hydroxyl groups is 1. The Morgan fingerprint density at radius 2 is 1.93 bits per heavy atom. The van der Waals surface area contributed by atoms with E-state index in [1.807, 2.05) is 36.4 Å². The minimum atomic E-state index is -1.43. The van der Waals surface area contributed by atoms with Gasteiger partial charge in [-0.25, -0.2) is 9.59 Å². The van der Waals surface area contributed by atoms with Crippen molar-refractivity contribution < 1.29 is 33.8 Å².